The first kappa shape index (κ1) is 13.6. The van der Waals surface area contributed by atoms with Gasteiger partial charge in [-0.05, 0) is 45.7 Å². The monoisotopic (exact) mass is 389 g/mol. The lowest BCUT2D eigenvalue weighted by Gasteiger charge is -2.08. The molecule has 0 saturated carbocycles. The van der Waals surface area contributed by atoms with Crippen molar-refractivity contribution >= 4 is 61.0 Å². The van der Waals surface area contributed by atoms with Crippen LogP contribution in [-0.2, 0) is 0 Å². The van der Waals surface area contributed by atoms with Crippen molar-refractivity contribution in [1.29, 1.82) is 0 Å². The van der Waals surface area contributed by atoms with Gasteiger partial charge in [0.1, 0.15) is 11.6 Å². The molecule has 0 aliphatic rings. The van der Waals surface area contributed by atoms with Gasteiger partial charge in [0.15, 0.2) is 6.29 Å². The molecule has 7 heteroatoms. The van der Waals surface area contributed by atoms with E-state index in [1.54, 1.807) is 6.20 Å². The first-order valence-electron chi connectivity index (χ1n) is 5.03. The third-order valence-electron chi connectivity index (χ3n) is 2.30. The number of hydrogen-bond donors (Lipinski definition) is 1. The van der Waals surface area contributed by atoms with E-state index in [1.165, 1.54) is 11.3 Å². The number of nitrogens with zero attached hydrogens (tertiary/aromatic N) is 2. The Morgan fingerprint density at radius 1 is 1.39 bits per heavy atom. The van der Waals surface area contributed by atoms with Gasteiger partial charge in [0, 0.05) is 11.1 Å². The number of rotatable bonds is 3. The summed E-state index contributed by atoms with van der Waals surface area (Å²) < 4.78 is 1.58. The van der Waals surface area contributed by atoms with Crippen LogP contribution in [0.3, 0.4) is 0 Å². The molecule has 18 heavy (non-hydrogen) atoms. The van der Waals surface area contributed by atoms with Crippen molar-refractivity contribution in [2.45, 2.75) is 13.8 Å². The van der Waals surface area contributed by atoms with Gasteiger partial charge in [-0.15, -0.1) is 11.3 Å². The van der Waals surface area contributed by atoms with Crippen LogP contribution in [0.4, 0.5) is 11.5 Å². The number of halogens is 2. The van der Waals surface area contributed by atoms with Gasteiger partial charge < -0.3 is 5.32 Å². The molecular formula is C11H9Br2N3OS. The molecule has 0 unspecified atom stereocenters. The molecule has 0 atom stereocenters. The second-order valence-electron chi connectivity index (χ2n) is 3.58. The smallest absolute Gasteiger partial charge is 0.154 e. The summed E-state index contributed by atoms with van der Waals surface area (Å²) in [5, 5.41) is 3.17. The van der Waals surface area contributed by atoms with E-state index in [4.69, 9.17) is 0 Å². The van der Waals surface area contributed by atoms with Crippen LogP contribution in [0.25, 0.3) is 0 Å². The largest absolute Gasteiger partial charge is 0.338 e. The van der Waals surface area contributed by atoms with Crippen LogP contribution in [0.2, 0.25) is 0 Å². The van der Waals surface area contributed by atoms with Crippen molar-refractivity contribution in [2.75, 3.05) is 5.32 Å². The Balaban J connectivity index is 2.45. The van der Waals surface area contributed by atoms with E-state index in [0.717, 1.165) is 25.1 Å². The topological polar surface area (TPSA) is 54.9 Å². The molecule has 2 aromatic heterocycles. The van der Waals surface area contributed by atoms with E-state index >= 15 is 0 Å². The van der Waals surface area contributed by atoms with Gasteiger partial charge in [-0.25, -0.2) is 9.97 Å². The maximum absolute atomic E-state index is 11.1. The molecule has 0 amide bonds. The molecule has 2 heterocycles. The quantitative estimate of drug-likeness (QED) is 0.796. The second kappa shape index (κ2) is 5.46. The molecule has 0 fully saturated rings. The third kappa shape index (κ3) is 2.62. The van der Waals surface area contributed by atoms with E-state index < -0.39 is 0 Å². The van der Waals surface area contributed by atoms with Gasteiger partial charge >= 0.3 is 0 Å². The molecule has 0 aliphatic carbocycles. The number of carbonyl (C=O) groups excluding carboxylic acids is 1. The highest BCUT2D eigenvalue weighted by Crippen LogP contribution is 2.37. The minimum atomic E-state index is 0.612. The normalized spacial score (nSPS) is 10.4. The highest BCUT2D eigenvalue weighted by atomic mass is 79.9. The van der Waals surface area contributed by atoms with Gasteiger partial charge in [0.05, 0.1) is 19.5 Å². The predicted molar refractivity (Wildman–Crippen MR) is 79.9 cm³/mol. The van der Waals surface area contributed by atoms with Crippen LogP contribution in [-0.4, -0.2) is 16.3 Å². The van der Waals surface area contributed by atoms with Crippen molar-refractivity contribution in [1.82, 2.24) is 9.97 Å². The van der Waals surface area contributed by atoms with Crippen molar-refractivity contribution in [2.24, 2.45) is 0 Å². The van der Waals surface area contributed by atoms with Crippen LogP contribution >= 0.6 is 43.2 Å². The molecule has 0 spiro atoms. The molecule has 0 bridgehead atoms. The number of nitrogens with one attached hydrogen (secondary N) is 1. The summed E-state index contributed by atoms with van der Waals surface area (Å²) in [5.74, 6) is 1.32. The van der Waals surface area contributed by atoms with Gasteiger partial charge in [0.2, 0.25) is 0 Å². The molecular weight excluding hydrogens is 382 g/mol. The zero-order chi connectivity index (χ0) is 13.3. The number of aldehydes is 1. The zero-order valence-electron chi connectivity index (χ0n) is 9.62. The fraction of sp³-hybridized carbons (Fsp3) is 0.182. The van der Waals surface area contributed by atoms with Crippen LogP contribution in [0.1, 0.15) is 21.1 Å². The van der Waals surface area contributed by atoms with E-state index in [-0.39, 0.29) is 0 Å². The van der Waals surface area contributed by atoms with Crippen molar-refractivity contribution in [3.63, 3.8) is 0 Å². The van der Waals surface area contributed by atoms with E-state index in [0.29, 0.717) is 17.2 Å². The van der Waals surface area contributed by atoms with E-state index in [2.05, 4.69) is 47.1 Å². The van der Waals surface area contributed by atoms with Crippen molar-refractivity contribution in [3.05, 3.63) is 30.7 Å². The molecule has 0 aromatic carbocycles. The summed E-state index contributed by atoms with van der Waals surface area (Å²) in [6.07, 6.45) is 2.51. The predicted octanol–water partition coefficient (Wildman–Crippen LogP) is 4.24. The molecule has 2 aromatic rings. The fourth-order valence-electron chi connectivity index (χ4n) is 1.45. The van der Waals surface area contributed by atoms with Gasteiger partial charge in [0.25, 0.3) is 0 Å². The highest BCUT2D eigenvalue weighted by molar-refractivity contribution is 9.11. The number of hydrogen-bond acceptors (Lipinski definition) is 5. The molecule has 1 N–H and O–H groups in total. The summed E-state index contributed by atoms with van der Waals surface area (Å²) in [4.78, 5) is 20.5. The summed E-state index contributed by atoms with van der Waals surface area (Å²) >= 11 is 8.27. The Morgan fingerprint density at radius 2 is 2.11 bits per heavy atom. The van der Waals surface area contributed by atoms with E-state index in [9.17, 15) is 4.79 Å². The Kier molecular flexibility index (Phi) is 4.14. The van der Waals surface area contributed by atoms with Crippen LogP contribution < -0.4 is 5.32 Å². The number of aryl methyl sites for hydroxylation is 2. The maximum atomic E-state index is 11.1. The third-order valence-corrected chi connectivity index (χ3v) is 4.70. The summed E-state index contributed by atoms with van der Waals surface area (Å²) in [6.45, 7) is 3.77. The number of aromatic nitrogens is 2. The number of anilines is 2. The van der Waals surface area contributed by atoms with Gasteiger partial charge in [-0.1, -0.05) is 0 Å². The SMILES string of the molecule is Cc1ncc(Br)c(Nc2c(C)sc(Br)c2C=O)n1. The average molecular weight is 391 g/mol. The fourth-order valence-corrected chi connectivity index (χ4v) is 3.55. The molecule has 94 valence electrons. The summed E-state index contributed by atoms with van der Waals surface area (Å²) in [6, 6.07) is 0. The first-order valence-corrected chi connectivity index (χ1v) is 7.43. The minimum absolute atomic E-state index is 0.612. The lowest BCUT2D eigenvalue weighted by molar-refractivity contribution is 0.112. The Hall–Kier alpha value is -0.790. The second-order valence-corrected chi connectivity index (χ2v) is 6.97. The van der Waals surface area contributed by atoms with Crippen LogP contribution in [0.5, 0.6) is 0 Å². The standard InChI is InChI=1S/C11H9Br2N3OS/c1-5-9(7(4-17)10(13)18-5)16-11-8(12)3-14-6(2)15-11/h3-4H,1-2H3,(H,14,15,16). The Bertz CT molecular complexity index is 613. The first-order chi connectivity index (χ1) is 8.52. The van der Waals surface area contributed by atoms with Crippen molar-refractivity contribution < 1.29 is 4.79 Å². The molecule has 2 rings (SSSR count). The lowest BCUT2D eigenvalue weighted by Crippen LogP contribution is -2.00. The highest BCUT2D eigenvalue weighted by Gasteiger charge is 2.15. The van der Waals surface area contributed by atoms with E-state index in [1.807, 2.05) is 13.8 Å². The van der Waals surface area contributed by atoms with Crippen LogP contribution in [0.15, 0.2) is 14.5 Å². The van der Waals surface area contributed by atoms with Gasteiger partial charge in [-0.3, -0.25) is 4.79 Å². The number of carbonyl (C=O) groups is 1. The molecule has 0 saturated heterocycles. The average Bonchev–Trinajstić information content (AvgIpc) is 2.58. The van der Waals surface area contributed by atoms with Crippen molar-refractivity contribution in [3.8, 4) is 0 Å². The Morgan fingerprint density at radius 3 is 2.78 bits per heavy atom. The number of thiophene rings is 1. The summed E-state index contributed by atoms with van der Waals surface area (Å²) in [5.41, 5.74) is 1.39. The van der Waals surface area contributed by atoms with Crippen LogP contribution in [0, 0.1) is 13.8 Å². The molecule has 0 aliphatic heterocycles. The minimum Gasteiger partial charge on any atom is -0.338 e. The maximum Gasteiger partial charge on any atom is 0.154 e. The molecule has 0 radical (unpaired) electrons. The lowest BCUT2D eigenvalue weighted by atomic mass is 10.2. The van der Waals surface area contributed by atoms with Gasteiger partial charge in [-0.2, -0.15) is 0 Å². The summed E-state index contributed by atoms with van der Waals surface area (Å²) in [7, 11) is 0. The Labute approximate surface area is 125 Å². The molecule has 4 nitrogen and oxygen atoms in total. The zero-order valence-corrected chi connectivity index (χ0v) is 13.6.